The first-order valence-electron chi connectivity index (χ1n) is 9.72. The van der Waals surface area contributed by atoms with Crippen molar-refractivity contribution in [2.24, 2.45) is 0 Å². The summed E-state index contributed by atoms with van der Waals surface area (Å²) in [7, 11) is -4.29. The van der Waals surface area contributed by atoms with Crippen molar-refractivity contribution < 1.29 is 27.0 Å². The van der Waals surface area contributed by atoms with E-state index in [0.29, 0.717) is 10.0 Å². The van der Waals surface area contributed by atoms with Crippen molar-refractivity contribution in [3.63, 3.8) is 0 Å². The van der Waals surface area contributed by atoms with E-state index in [1.165, 1.54) is 66.7 Å². The normalized spacial score (nSPS) is 15.3. The lowest BCUT2D eigenvalue weighted by atomic mass is 10.1. The molecular formula is C23H13Cl3N2O6S. The zero-order valence-electron chi connectivity index (χ0n) is 17.4. The molecule has 1 aliphatic rings. The molecule has 1 saturated heterocycles. The lowest BCUT2D eigenvalue weighted by Gasteiger charge is -2.26. The number of nitrogens with one attached hydrogen (secondary N) is 1. The van der Waals surface area contributed by atoms with E-state index in [4.69, 9.17) is 39.0 Å². The Labute approximate surface area is 214 Å². The minimum Gasteiger partial charge on any atom is -0.378 e. The van der Waals surface area contributed by atoms with Crippen LogP contribution >= 0.6 is 34.8 Å². The smallest absolute Gasteiger partial charge is 0.339 e. The van der Waals surface area contributed by atoms with E-state index >= 15 is 0 Å². The molecule has 1 N–H and O–H groups in total. The molecule has 1 heterocycles. The summed E-state index contributed by atoms with van der Waals surface area (Å²) in [6.45, 7) is 0. The van der Waals surface area contributed by atoms with E-state index in [0.717, 1.165) is 11.0 Å². The van der Waals surface area contributed by atoms with E-state index in [-0.39, 0.29) is 26.9 Å². The summed E-state index contributed by atoms with van der Waals surface area (Å²) in [5, 5.41) is 2.98. The highest BCUT2D eigenvalue weighted by molar-refractivity contribution is 7.87. The van der Waals surface area contributed by atoms with Gasteiger partial charge in [-0.3, -0.25) is 14.9 Å². The molecule has 1 fully saturated rings. The van der Waals surface area contributed by atoms with Gasteiger partial charge >= 0.3 is 16.1 Å². The summed E-state index contributed by atoms with van der Waals surface area (Å²) < 4.78 is 30.8. The minimum absolute atomic E-state index is 0.0129. The van der Waals surface area contributed by atoms with Crippen molar-refractivity contribution in [2.75, 3.05) is 4.90 Å². The number of benzene rings is 3. The highest BCUT2D eigenvalue weighted by atomic mass is 35.5. The summed E-state index contributed by atoms with van der Waals surface area (Å²) in [5.41, 5.74) is -0.266. The number of barbiturate groups is 1. The fraction of sp³-hybridized carbons (Fsp3) is 0. The van der Waals surface area contributed by atoms with Gasteiger partial charge in [0.15, 0.2) is 0 Å². The Bertz CT molecular complexity index is 1490. The Morgan fingerprint density at radius 3 is 2.00 bits per heavy atom. The minimum atomic E-state index is -4.29. The molecule has 35 heavy (non-hydrogen) atoms. The van der Waals surface area contributed by atoms with E-state index in [9.17, 15) is 22.8 Å². The molecule has 3 aromatic rings. The highest BCUT2D eigenvalue weighted by Crippen LogP contribution is 2.30. The van der Waals surface area contributed by atoms with Gasteiger partial charge in [0.2, 0.25) is 0 Å². The maximum atomic E-state index is 13.1. The average molecular weight is 552 g/mol. The second kappa shape index (κ2) is 9.71. The Kier molecular flexibility index (Phi) is 6.86. The summed E-state index contributed by atoms with van der Waals surface area (Å²) in [6.07, 6.45) is 1.09. The van der Waals surface area contributed by atoms with E-state index < -0.39 is 33.5 Å². The predicted molar refractivity (Wildman–Crippen MR) is 131 cm³/mol. The molecule has 4 rings (SSSR count). The molecule has 3 aromatic carbocycles. The van der Waals surface area contributed by atoms with Crippen LogP contribution in [0.4, 0.5) is 10.5 Å². The van der Waals surface area contributed by atoms with Crippen LogP contribution in [0.2, 0.25) is 15.1 Å². The van der Waals surface area contributed by atoms with Gasteiger partial charge in [-0.25, -0.2) is 9.69 Å². The third kappa shape index (κ3) is 5.33. The number of hydrogen-bond acceptors (Lipinski definition) is 6. The summed E-state index contributed by atoms with van der Waals surface area (Å²) in [6, 6.07) is 14.1. The number of carbonyl (C=O) groups excluding carboxylic acids is 3. The molecule has 0 aliphatic carbocycles. The van der Waals surface area contributed by atoms with Crippen molar-refractivity contribution >= 4 is 74.5 Å². The largest absolute Gasteiger partial charge is 0.378 e. The molecule has 0 unspecified atom stereocenters. The van der Waals surface area contributed by atoms with Crippen LogP contribution in [0.15, 0.2) is 77.2 Å². The molecule has 0 saturated carbocycles. The Morgan fingerprint density at radius 2 is 1.37 bits per heavy atom. The summed E-state index contributed by atoms with van der Waals surface area (Å²) in [5.74, 6) is -2.11. The van der Waals surface area contributed by atoms with Crippen LogP contribution in [0.1, 0.15) is 5.56 Å². The van der Waals surface area contributed by atoms with Gasteiger partial charge < -0.3 is 4.18 Å². The molecule has 1 aliphatic heterocycles. The summed E-state index contributed by atoms with van der Waals surface area (Å²) >= 11 is 17.7. The maximum Gasteiger partial charge on any atom is 0.339 e. The highest BCUT2D eigenvalue weighted by Gasteiger charge is 2.37. The number of carbonyl (C=O) groups is 3. The zero-order valence-corrected chi connectivity index (χ0v) is 20.5. The fourth-order valence-electron chi connectivity index (χ4n) is 3.11. The van der Waals surface area contributed by atoms with Gasteiger partial charge in [-0.05, 0) is 72.8 Å². The van der Waals surface area contributed by atoms with Gasteiger partial charge in [0.05, 0.1) is 5.69 Å². The molecular weight excluding hydrogens is 539 g/mol. The molecule has 0 bridgehead atoms. The van der Waals surface area contributed by atoms with Crippen LogP contribution in [0.3, 0.4) is 0 Å². The van der Waals surface area contributed by atoms with Crippen LogP contribution in [-0.2, 0) is 19.7 Å². The quantitative estimate of drug-likeness (QED) is 0.269. The number of hydrogen-bond donors (Lipinski definition) is 1. The van der Waals surface area contributed by atoms with Gasteiger partial charge in [-0.1, -0.05) is 34.8 Å². The number of nitrogens with zero attached hydrogens (tertiary/aromatic N) is 1. The van der Waals surface area contributed by atoms with E-state index in [1.54, 1.807) is 0 Å². The van der Waals surface area contributed by atoms with Crippen LogP contribution in [0, 0.1) is 0 Å². The lowest BCUT2D eigenvalue weighted by molar-refractivity contribution is -0.122. The fourth-order valence-corrected chi connectivity index (χ4v) is 4.50. The third-order valence-corrected chi connectivity index (χ3v) is 6.75. The first-order chi connectivity index (χ1) is 16.5. The number of anilines is 1. The average Bonchev–Trinajstić information content (AvgIpc) is 2.79. The van der Waals surface area contributed by atoms with Crippen LogP contribution in [-0.4, -0.2) is 26.3 Å². The van der Waals surface area contributed by atoms with Crippen molar-refractivity contribution in [3.05, 3.63) is 92.9 Å². The second-order valence-electron chi connectivity index (χ2n) is 7.11. The van der Waals surface area contributed by atoms with Crippen LogP contribution < -0.4 is 14.4 Å². The van der Waals surface area contributed by atoms with Gasteiger partial charge in [0, 0.05) is 20.6 Å². The van der Waals surface area contributed by atoms with Crippen molar-refractivity contribution in [3.8, 4) is 5.75 Å². The standard InChI is InChI=1S/C23H13Cl3N2O6S/c24-14-1-6-17(7-2-14)28-22(30)19(21(29)27-23(28)31)12-13-11-16(26)5-10-20(13)34-35(32,33)18-8-3-15(25)4-9-18/h1-12H,(H,27,29,31)/b19-12+. The number of imide groups is 2. The number of amides is 4. The molecule has 0 spiro atoms. The van der Waals surface area contributed by atoms with Crippen molar-refractivity contribution in [2.45, 2.75) is 4.90 Å². The monoisotopic (exact) mass is 550 g/mol. The predicted octanol–water partition coefficient (Wildman–Crippen LogP) is 5.08. The first-order valence-corrected chi connectivity index (χ1v) is 12.3. The molecule has 0 atom stereocenters. The van der Waals surface area contributed by atoms with Crippen LogP contribution in [0.25, 0.3) is 6.08 Å². The van der Waals surface area contributed by atoms with Gasteiger partial charge in [-0.2, -0.15) is 8.42 Å². The zero-order chi connectivity index (χ0) is 25.3. The molecule has 0 radical (unpaired) electrons. The Balaban J connectivity index is 1.74. The van der Waals surface area contributed by atoms with Gasteiger partial charge in [0.1, 0.15) is 16.2 Å². The number of halogens is 3. The Hall–Kier alpha value is -3.37. The molecule has 8 nitrogen and oxygen atoms in total. The Morgan fingerprint density at radius 1 is 0.800 bits per heavy atom. The van der Waals surface area contributed by atoms with E-state index in [1.807, 2.05) is 0 Å². The van der Waals surface area contributed by atoms with Gasteiger partial charge in [0.25, 0.3) is 11.8 Å². The van der Waals surface area contributed by atoms with Crippen molar-refractivity contribution in [1.82, 2.24) is 5.32 Å². The molecule has 12 heteroatoms. The molecule has 178 valence electrons. The molecule has 0 aromatic heterocycles. The maximum absolute atomic E-state index is 13.1. The molecule has 4 amide bonds. The first kappa shape index (κ1) is 24.7. The van der Waals surface area contributed by atoms with E-state index in [2.05, 4.69) is 5.32 Å². The summed E-state index contributed by atoms with van der Waals surface area (Å²) in [4.78, 5) is 38.6. The third-order valence-electron chi connectivity index (χ3n) is 4.76. The second-order valence-corrected chi connectivity index (χ2v) is 9.96. The van der Waals surface area contributed by atoms with Gasteiger partial charge in [-0.15, -0.1) is 0 Å². The lowest BCUT2D eigenvalue weighted by Crippen LogP contribution is -2.54. The number of rotatable bonds is 5. The van der Waals surface area contributed by atoms with Crippen molar-refractivity contribution in [1.29, 1.82) is 0 Å². The number of urea groups is 1. The SMILES string of the molecule is O=C1NC(=O)N(c2ccc(Cl)cc2)C(=O)/C1=C/c1cc(Cl)ccc1OS(=O)(=O)c1ccc(Cl)cc1. The topological polar surface area (TPSA) is 110 Å². The van der Waals surface area contributed by atoms with Crippen LogP contribution in [0.5, 0.6) is 5.75 Å².